The second kappa shape index (κ2) is 3.76. The molecule has 0 spiro atoms. The highest BCUT2D eigenvalue weighted by atomic mass is 35.5. The van der Waals surface area contributed by atoms with E-state index in [0.717, 1.165) is 5.56 Å². The third-order valence-corrected chi connectivity index (χ3v) is 2.96. The van der Waals surface area contributed by atoms with Crippen molar-refractivity contribution in [1.82, 2.24) is 0 Å². The number of hydrogen-bond acceptors (Lipinski definition) is 3. The molecule has 1 aromatic carbocycles. The summed E-state index contributed by atoms with van der Waals surface area (Å²) in [7, 11) is 1.20. The average Bonchev–Trinajstić information content (AvgIpc) is 2.33. The Balaban J connectivity index is 2.53. The van der Waals surface area contributed by atoms with Crippen LogP contribution in [0.25, 0.3) is 6.08 Å². The van der Waals surface area contributed by atoms with Crippen molar-refractivity contribution in [3.63, 3.8) is 0 Å². The number of rotatable bonds is 1. The number of ether oxygens (including phenoxy) is 1. The predicted molar refractivity (Wildman–Crippen MR) is 60.4 cm³/mol. The van der Waals surface area contributed by atoms with Crippen LogP contribution in [0.3, 0.4) is 0 Å². The van der Waals surface area contributed by atoms with Gasteiger partial charge in [-0.05, 0) is 11.6 Å². The van der Waals surface area contributed by atoms with Crippen LogP contribution in [0.1, 0.15) is 15.9 Å². The summed E-state index contributed by atoms with van der Waals surface area (Å²) < 4.78 is 4.54. The minimum Gasteiger partial charge on any atom is -0.467 e. The van der Waals surface area contributed by atoms with Gasteiger partial charge in [-0.2, -0.15) is 0 Å². The Hall–Kier alpha value is -1.61. The first-order valence-corrected chi connectivity index (χ1v) is 5.08. The molecule has 1 atom stereocenters. The lowest BCUT2D eigenvalue weighted by Gasteiger charge is -2.23. The highest BCUT2D eigenvalue weighted by Gasteiger charge is 2.45. The van der Waals surface area contributed by atoms with Crippen molar-refractivity contribution < 1.29 is 14.3 Å². The number of fused-ring (bicyclic) bond motifs is 1. The fourth-order valence-corrected chi connectivity index (χ4v) is 1.88. The fraction of sp³-hybridized carbons (Fsp3) is 0.167. The number of esters is 1. The highest BCUT2D eigenvalue weighted by molar-refractivity contribution is 6.50. The van der Waals surface area contributed by atoms with E-state index >= 15 is 0 Å². The maximum absolute atomic E-state index is 12.1. The van der Waals surface area contributed by atoms with E-state index in [0.29, 0.717) is 5.56 Å². The SMILES string of the molecule is COC(=O)[C@@]1(Cl)C=Cc2ccccc2C1=O. The number of benzene rings is 1. The van der Waals surface area contributed by atoms with Crippen LogP contribution in [0, 0.1) is 0 Å². The molecular weight excluding hydrogens is 228 g/mol. The van der Waals surface area contributed by atoms with E-state index in [1.807, 2.05) is 6.07 Å². The quantitative estimate of drug-likeness (QED) is 0.426. The van der Waals surface area contributed by atoms with Gasteiger partial charge < -0.3 is 4.74 Å². The first-order valence-electron chi connectivity index (χ1n) is 4.70. The van der Waals surface area contributed by atoms with Crippen LogP contribution in [0.4, 0.5) is 0 Å². The Morgan fingerprint density at radius 3 is 2.75 bits per heavy atom. The van der Waals surface area contributed by atoms with Crippen molar-refractivity contribution >= 4 is 29.4 Å². The molecule has 0 aromatic heterocycles. The van der Waals surface area contributed by atoms with Gasteiger partial charge in [-0.15, -0.1) is 0 Å². The molecule has 0 fully saturated rings. The Bertz CT molecular complexity index is 493. The molecule has 0 unspecified atom stereocenters. The summed E-state index contributed by atoms with van der Waals surface area (Å²) in [5.41, 5.74) is 1.19. The normalized spacial score (nSPS) is 22.8. The van der Waals surface area contributed by atoms with Crippen LogP contribution in [0.15, 0.2) is 30.3 Å². The van der Waals surface area contributed by atoms with Gasteiger partial charge in [-0.3, -0.25) is 4.79 Å². The van der Waals surface area contributed by atoms with Gasteiger partial charge in [-0.25, -0.2) is 4.79 Å². The summed E-state index contributed by atoms with van der Waals surface area (Å²) in [5, 5.41) is 0. The monoisotopic (exact) mass is 236 g/mol. The molecule has 16 heavy (non-hydrogen) atoms. The summed E-state index contributed by atoms with van der Waals surface area (Å²) in [6, 6.07) is 6.97. The molecule has 82 valence electrons. The van der Waals surface area contributed by atoms with Crippen molar-refractivity contribution in [2.75, 3.05) is 7.11 Å². The molecule has 0 heterocycles. The van der Waals surface area contributed by atoms with Gasteiger partial charge >= 0.3 is 5.97 Å². The molecule has 0 bridgehead atoms. The van der Waals surface area contributed by atoms with Crippen molar-refractivity contribution in [1.29, 1.82) is 0 Å². The number of halogens is 1. The van der Waals surface area contributed by atoms with Gasteiger partial charge in [0.15, 0.2) is 5.78 Å². The van der Waals surface area contributed by atoms with Gasteiger partial charge in [-0.1, -0.05) is 41.9 Å². The fourth-order valence-electron chi connectivity index (χ4n) is 1.63. The zero-order valence-electron chi connectivity index (χ0n) is 8.57. The van der Waals surface area contributed by atoms with Gasteiger partial charge in [0.2, 0.25) is 4.87 Å². The average molecular weight is 237 g/mol. The molecule has 3 nitrogen and oxygen atoms in total. The molecule has 0 saturated heterocycles. The first-order chi connectivity index (χ1) is 7.59. The molecule has 0 amide bonds. The molecule has 2 rings (SSSR count). The van der Waals surface area contributed by atoms with E-state index in [1.54, 1.807) is 24.3 Å². The Morgan fingerprint density at radius 2 is 2.06 bits per heavy atom. The number of Topliss-reactive ketones (excluding diaryl/α,β-unsaturated/α-hetero) is 1. The zero-order chi connectivity index (χ0) is 11.8. The van der Waals surface area contributed by atoms with Crippen molar-refractivity contribution in [2.45, 2.75) is 4.87 Å². The van der Waals surface area contributed by atoms with Crippen LogP contribution in [-0.4, -0.2) is 23.7 Å². The van der Waals surface area contributed by atoms with E-state index in [2.05, 4.69) is 4.74 Å². The third-order valence-electron chi connectivity index (χ3n) is 2.51. The maximum atomic E-state index is 12.1. The number of methoxy groups -OCH3 is 1. The lowest BCUT2D eigenvalue weighted by atomic mass is 9.87. The Morgan fingerprint density at radius 1 is 1.38 bits per heavy atom. The van der Waals surface area contributed by atoms with Gasteiger partial charge in [0.1, 0.15) is 0 Å². The number of carbonyl (C=O) groups is 2. The standard InChI is InChI=1S/C12H9ClO3/c1-16-11(15)12(13)7-6-8-4-2-3-5-9(8)10(12)14/h2-7H,1H3/t12-/m1/s1. The third kappa shape index (κ3) is 1.44. The summed E-state index contributed by atoms with van der Waals surface area (Å²) >= 11 is 5.99. The van der Waals surface area contributed by atoms with E-state index in [9.17, 15) is 9.59 Å². The second-order valence-electron chi connectivity index (χ2n) is 3.45. The summed E-state index contributed by atoms with van der Waals surface area (Å²) in [6.45, 7) is 0. The van der Waals surface area contributed by atoms with Crippen LogP contribution in [0.2, 0.25) is 0 Å². The lowest BCUT2D eigenvalue weighted by molar-refractivity contribution is -0.141. The largest absolute Gasteiger partial charge is 0.467 e. The molecule has 1 aliphatic rings. The van der Waals surface area contributed by atoms with Crippen LogP contribution < -0.4 is 0 Å². The molecule has 0 radical (unpaired) electrons. The lowest BCUT2D eigenvalue weighted by Crippen LogP contribution is -2.42. The number of ketones is 1. The van der Waals surface area contributed by atoms with E-state index in [-0.39, 0.29) is 0 Å². The van der Waals surface area contributed by atoms with Gasteiger partial charge in [0.25, 0.3) is 0 Å². The van der Waals surface area contributed by atoms with E-state index < -0.39 is 16.6 Å². The van der Waals surface area contributed by atoms with Crippen LogP contribution in [0.5, 0.6) is 0 Å². The highest BCUT2D eigenvalue weighted by Crippen LogP contribution is 2.31. The summed E-state index contributed by atoms with van der Waals surface area (Å²) in [6.07, 6.45) is 3.02. The molecule has 1 aromatic rings. The second-order valence-corrected chi connectivity index (χ2v) is 4.05. The van der Waals surface area contributed by atoms with Crippen molar-refractivity contribution in [3.8, 4) is 0 Å². The first kappa shape index (κ1) is 10.9. The predicted octanol–water partition coefficient (Wildman–Crippen LogP) is 2.05. The molecular formula is C12H9ClO3. The molecule has 4 heteroatoms. The number of hydrogen-bond donors (Lipinski definition) is 0. The molecule has 0 N–H and O–H groups in total. The Kier molecular flexibility index (Phi) is 2.56. The van der Waals surface area contributed by atoms with Gasteiger partial charge in [0, 0.05) is 5.56 Å². The van der Waals surface area contributed by atoms with Crippen molar-refractivity contribution in [2.24, 2.45) is 0 Å². The minimum absolute atomic E-state index is 0.436. The van der Waals surface area contributed by atoms with Crippen LogP contribution in [-0.2, 0) is 9.53 Å². The number of alkyl halides is 1. The molecule has 1 aliphatic carbocycles. The van der Waals surface area contributed by atoms with E-state index in [1.165, 1.54) is 13.2 Å². The van der Waals surface area contributed by atoms with E-state index in [4.69, 9.17) is 11.6 Å². The topological polar surface area (TPSA) is 43.4 Å². The minimum atomic E-state index is -1.72. The van der Waals surface area contributed by atoms with Crippen molar-refractivity contribution in [3.05, 3.63) is 41.5 Å². The molecule has 0 aliphatic heterocycles. The zero-order valence-corrected chi connectivity index (χ0v) is 9.32. The number of carbonyl (C=O) groups excluding carboxylic acids is 2. The smallest absolute Gasteiger partial charge is 0.339 e. The van der Waals surface area contributed by atoms with Gasteiger partial charge in [0.05, 0.1) is 7.11 Å². The summed E-state index contributed by atoms with van der Waals surface area (Å²) in [4.78, 5) is 21.8. The Labute approximate surface area is 97.7 Å². The summed E-state index contributed by atoms with van der Waals surface area (Å²) in [5.74, 6) is -1.20. The molecule has 0 saturated carbocycles. The van der Waals surface area contributed by atoms with Crippen LogP contribution >= 0.6 is 11.6 Å². The maximum Gasteiger partial charge on any atom is 0.339 e.